The second-order valence-corrected chi connectivity index (χ2v) is 5.76. The number of non-ortho nitro benzene ring substituents is 1. The van der Waals surface area contributed by atoms with Gasteiger partial charge in [0.05, 0.1) is 11.5 Å². The molecule has 1 amide bonds. The van der Waals surface area contributed by atoms with Gasteiger partial charge in [-0.15, -0.1) is 0 Å². The van der Waals surface area contributed by atoms with E-state index in [0.29, 0.717) is 23.3 Å². The van der Waals surface area contributed by atoms with Crippen LogP contribution in [0.5, 0.6) is 5.75 Å². The molecule has 1 heterocycles. The molecule has 2 aromatic carbocycles. The van der Waals surface area contributed by atoms with Crippen LogP contribution in [-0.2, 0) is 0 Å². The minimum absolute atomic E-state index is 0.169. The van der Waals surface area contributed by atoms with Crippen LogP contribution in [0.2, 0.25) is 0 Å². The lowest BCUT2D eigenvalue weighted by Gasteiger charge is -2.07. The minimum atomic E-state index is -0.807. The molecule has 0 radical (unpaired) electrons. The predicted octanol–water partition coefficient (Wildman–Crippen LogP) is 3.74. The van der Waals surface area contributed by atoms with Crippen LogP contribution in [-0.4, -0.2) is 17.4 Å². The zero-order valence-electron chi connectivity index (χ0n) is 14.4. The number of carbonyl (C=O) groups is 1. The van der Waals surface area contributed by atoms with Gasteiger partial charge >= 0.3 is 5.63 Å². The van der Waals surface area contributed by atoms with Gasteiger partial charge in [0.25, 0.3) is 11.6 Å². The van der Waals surface area contributed by atoms with Gasteiger partial charge in [-0.05, 0) is 30.7 Å². The maximum absolute atomic E-state index is 12.4. The molecule has 0 saturated heterocycles. The van der Waals surface area contributed by atoms with Crippen molar-refractivity contribution in [1.82, 2.24) is 0 Å². The first-order valence-electron chi connectivity index (χ1n) is 8.24. The molecular formula is C19H16N2O6. The van der Waals surface area contributed by atoms with E-state index >= 15 is 0 Å². The first kappa shape index (κ1) is 18.1. The van der Waals surface area contributed by atoms with Crippen LogP contribution >= 0.6 is 0 Å². The van der Waals surface area contributed by atoms with E-state index in [4.69, 9.17) is 9.15 Å². The van der Waals surface area contributed by atoms with E-state index in [9.17, 15) is 19.7 Å². The average Bonchev–Trinajstić information content (AvgIpc) is 2.65. The monoisotopic (exact) mass is 368 g/mol. The SMILES string of the molecule is CCCOc1ccc2cc(C(=O)Nc3cccc([N+](=O)[O-])c3)c(=O)oc2c1. The van der Waals surface area contributed by atoms with Crippen molar-refractivity contribution in [3.63, 3.8) is 0 Å². The molecule has 0 saturated carbocycles. The van der Waals surface area contributed by atoms with Gasteiger partial charge in [0, 0.05) is 29.3 Å². The summed E-state index contributed by atoms with van der Waals surface area (Å²) in [7, 11) is 0. The zero-order chi connectivity index (χ0) is 19.4. The molecule has 0 bridgehead atoms. The van der Waals surface area contributed by atoms with E-state index in [-0.39, 0.29) is 16.9 Å². The smallest absolute Gasteiger partial charge is 0.349 e. The Balaban J connectivity index is 1.88. The molecule has 0 aliphatic rings. The van der Waals surface area contributed by atoms with Crippen molar-refractivity contribution >= 4 is 28.3 Å². The number of fused-ring (bicyclic) bond motifs is 1. The van der Waals surface area contributed by atoms with Crippen molar-refractivity contribution < 1.29 is 18.9 Å². The number of nitrogens with zero attached hydrogens (tertiary/aromatic N) is 1. The molecular weight excluding hydrogens is 352 g/mol. The fourth-order valence-electron chi connectivity index (χ4n) is 2.46. The normalized spacial score (nSPS) is 10.6. The van der Waals surface area contributed by atoms with Crippen molar-refractivity contribution in [2.45, 2.75) is 13.3 Å². The van der Waals surface area contributed by atoms with Crippen molar-refractivity contribution in [3.05, 3.63) is 74.6 Å². The van der Waals surface area contributed by atoms with Gasteiger partial charge in [-0.2, -0.15) is 0 Å². The summed E-state index contributed by atoms with van der Waals surface area (Å²) in [5.74, 6) is -0.140. The Morgan fingerprint density at radius 2 is 2.04 bits per heavy atom. The number of benzene rings is 2. The molecule has 0 spiro atoms. The van der Waals surface area contributed by atoms with E-state index in [1.165, 1.54) is 30.3 Å². The summed E-state index contributed by atoms with van der Waals surface area (Å²) in [6.45, 7) is 2.52. The maximum Gasteiger partial charge on any atom is 0.349 e. The number of nitrogens with one attached hydrogen (secondary N) is 1. The molecule has 3 rings (SSSR count). The van der Waals surface area contributed by atoms with Gasteiger partial charge in [0.1, 0.15) is 16.9 Å². The largest absolute Gasteiger partial charge is 0.493 e. The quantitative estimate of drug-likeness (QED) is 0.403. The Hall–Kier alpha value is -3.68. The molecule has 8 heteroatoms. The van der Waals surface area contributed by atoms with Crippen molar-refractivity contribution in [2.75, 3.05) is 11.9 Å². The Morgan fingerprint density at radius 3 is 2.78 bits per heavy atom. The molecule has 0 unspecified atom stereocenters. The Kier molecular flexibility index (Phi) is 5.16. The van der Waals surface area contributed by atoms with Crippen LogP contribution in [0.1, 0.15) is 23.7 Å². The highest BCUT2D eigenvalue weighted by Gasteiger charge is 2.15. The second kappa shape index (κ2) is 7.69. The molecule has 27 heavy (non-hydrogen) atoms. The molecule has 138 valence electrons. The Bertz CT molecular complexity index is 1070. The van der Waals surface area contributed by atoms with Gasteiger partial charge in [0.15, 0.2) is 0 Å². The van der Waals surface area contributed by atoms with Gasteiger partial charge in [-0.1, -0.05) is 13.0 Å². The highest BCUT2D eigenvalue weighted by molar-refractivity contribution is 6.05. The van der Waals surface area contributed by atoms with Crippen LogP contribution < -0.4 is 15.7 Å². The van der Waals surface area contributed by atoms with Crippen molar-refractivity contribution in [3.8, 4) is 5.75 Å². The topological polar surface area (TPSA) is 112 Å². The van der Waals surface area contributed by atoms with Crippen molar-refractivity contribution in [2.24, 2.45) is 0 Å². The van der Waals surface area contributed by atoms with Crippen LogP contribution in [0.3, 0.4) is 0 Å². The number of ether oxygens (including phenoxy) is 1. The fraction of sp³-hybridized carbons (Fsp3) is 0.158. The molecule has 3 aromatic rings. The van der Waals surface area contributed by atoms with Crippen LogP contribution in [0.15, 0.2) is 57.7 Å². The molecule has 0 aliphatic heterocycles. The molecule has 0 aliphatic carbocycles. The lowest BCUT2D eigenvalue weighted by atomic mass is 10.1. The van der Waals surface area contributed by atoms with E-state index < -0.39 is 16.5 Å². The number of carbonyl (C=O) groups excluding carboxylic acids is 1. The Labute approximate surface area is 153 Å². The number of nitro groups is 1. The third kappa shape index (κ3) is 4.12. The van der Waals surface area contributed by atoms with E-state index in [1.54, 1.807) is 18.2 Å². The molecule has 1 N–H and O–H groups in total. The predicted molar refractivity (Wildman–Crippen MR) is 99.3 cm³/mol. The van der Waals surface area contributed by atoms with E-state index in [1.807, 2.05) is 6.92 Å². The van der Waals surface area contributed by atoms with Gasteiger partial charge in [-0.3, -0.25) is 14.9 Å². The number of hydrogen-bond donors (Lipinski definition) is 1. The molecule has 8 nitrogen and oxygen atoms in total. The summed E-state index contributed by atoms with van der Waals surface area (Å²) in [5, 5.41) is 13.8. The average molecular weight is 368 g/mol. The van der Waals surface area contributed by atoms with Crippen LogP contribution in [0.4, 0.5) is 11.4 Å². The van der Waals surface area contributed by atoms with Gasteiger partial charge in [-0.25, -0.2) is 4.79 Å². The summed E-state index contributed by atoms with van der Waals surface area (Å²) in [6.07, 6.45) is 0.846. The zero-order valence-corrected chi connectivity index (χ0v) is 14.4. The summed E-state index contributed by atoms with van der Waals surface area (Å²) in [6, 6.07) is 11.9. The number of amides is 1. The maximum atomic E-state index is 12.4. The number of anilines is 1. The lowest BCUT2D eigenvalue weighted by molar-refractivity contribution is -0.384. The molecule has 0 atom stereocenters. The van der Waals surface area contributed by atoms with E-state index in [0.717, 1.165) is 6.42 Å². The Morgan fingerprint density at radius 1 is 1.22 bits per heavy atom. The standard InChI is InChI=1S/C19H16N2O6/c1-2-8-26-15-7-6-12-9-16(19(23)27-17(12)11-15)18(22)20-13-4-3-5-14(10-13)21(24)25/h3-7,9-11H,2,8H2,1H3,(H,20,22). The van der Waals surface area contributed by atoms with Crippen molar-refractivity contribution in [1.29, 1.82) is 0 Å². The second-order valence-electron chi connectivity index (χ2n) is 5.76. The van der Waals surface area contributed by atoms with E-state index in [2.05, 4.69) is 5.32 Å². The number of hydrogen-bond acceptors (Lipinski definition) is 6. The number of nitro benzene ring substituents is 1. The third-order valence-corrected chi connectivity index (χ3v) is 3.74. The summed E-state index contributed by atoms with van der Waals surface area (Å²) < 4.78 is 10.7. The first-order chi connectivity index (χ1) is 13.0. The van der Waals surface area contributed by atoms with Crippen LogP contribution in [0.25, 0.3) is 11.0 Å². The first-order valence-corrected chi connectivity index (χ1v) is 8.24. The summed E-state index contributed by atoms with van der Waals surface area (Å²) in [4.78, 5) is 34.8. The molecule has 1 aromatic heterocycles. The minimum Gasteiger partial charge on any atom is -0.493 e. The highest BCUT2D eigenvalue weighted by Crippen LogP contribution is 2.22. The fourth-order valence-corrected chi connectivity index (χ4v) is 2.46. The summed E-state index contributed by atoms with van der Waals surface area (Å²) in [5.41, 5.74) is -0.662. The third-order valence-electron chi connectivity index (χ3n) is 3.74. The number of rotatable bonds is 6. The van der Waals surface area contributed by atoms with Gasteiger partial charge < -0.3 is 14.5 Å². The molecule has 0 fully saturated rings. The van der Waals surface area contributed by atoms with Gasteiger partial charge in [0.2, 0.25) is 0 Å². The lowest BCUT2D eigenvalue weighted by Crippen LogP contribution is -2.20. The summed E-state index contributed by atoms with van der Waals surface area (Å²) >= 11 is 0. The highest BCUT2D eigenvalue weighted by atomic mass is 16.6. The van der Waals surface area contributed by atoms with Crippen LogP contribution in [0, 0.1) is 10.1 Å².